The molecule has 2 saturated heterocycles. The van der Waals surface area contributed by atoms with Crippen molar-refractivity contribution in [3.8, 4) is 5.75 Å². The number of carbonyl (C=O) groups excluding carboxylic acids is 2. The van der Waals surface area contributed by atoms with Crippen molar-refractivity contribution in [3.05, 3.63) is 23.8 Å². The quantitative estimate of drug-likeness (QED) is 0.827. The summed E-state index contributed by atoms with van der Waals surface area (Å²) in [6.07, 6.45) is 1.66. The first-order valence-corrected chi connectivity index (χ1v) is 7.11. The maximum Gasteiger partial charge on any atom is 0.246 e. The zero-order chi connectivity index (χ0) is 15.0. The van der Waals surface area contributed by atoms with Crippen molar-refractivity contribution in [1.29, 1.82) is 0 Å². The molecule has 1 aromatic rings. The molecular weight excluding hydrogens is 270 g/mol. The number of hydrogen-bond donors (Lipinski definition) is 1. The molecule has 112 valence electrons. The summed E-state index contributed by atoms with van der Waals surface area (Å²) in [4.78, 5) is 27.9. The smallest absolute Gasteiger partial charge is 0.246 e. The van der Waals surface area contributed by atoms with Gasteiger partial charge in [-0.15, -0.1) is 0 Å². The maximum absolute atomic E-state index is 12.5. The van der Waals surface area contributed by atoms with Crippen molar-refractivity contribution in [1.82, 2.24) is 9.80 Å². The molecule has 0 spiro atoms. The lowest BCUT2D eigenvalue weighted by molar-refractivity contribution is -0.154. The van der Waals surface area contributed by atoms with E-state index >= 15 is 0 Å². The second-order valence-electron chi connectivity index (χ2n) is 5.51. The molecule has 1 unspecified atom stereocenters. The number of nitrogens with zero attached hydrogens (tertiary/aromatic N) is 2. The molecule has 6 nitrogen and oxygen atoms in total. The summed E-state index contributed by atoms with van der Waals surface area (Å²) in [5, 5.41) is 0. The normalized spacial score (nSPS) is 21.7. The second kappa shape index (κ2) is 5.27. The summed E-state index contributed by atoms with van der Waals surface area (Å²) in [5.41, 5.74) is 7.24. The second-order valence-corrected chi connectivity index (χ2v) is 5.51. The lowest BCUT2D eigenvalue weighted by atomic mass is 10.1. The van der Waals surface area contributed by atoms with Gasteiger partial charge in [-0.3, -0.25) is 9.59 Å². The number of anilines is 1. The van der Waals surface area contributed by atoms with Gasteiger partial charge in [0.25, 0.3) is 0 Å². The lowest BCUT2D eigenvalue weighted by Gasteiger charge is -2.36. The van der Waals surface area contributed by atoms with Gasteiger partial charge in [-0.05, 0) is 31.0 Å². The van der Waals surface area contributed by atoms with Gasteiger partial charge in [0.1, 0.15) is 18.3 Å². The zero-order valence-corrected chi connectivity index (χ0v) is 12.0. The van der Waals surface area contributed by atoms with E-state index < -0.39 is 0 Å². The molecule has 2 amide bonds. The van der Waals surface area contributed by atoms with Crippen molar-refractivity contribution in [2.45, 2.75) is 25.4 Å². The van der Waals surface area contributed by atoms with Gasteiger partial charge in [0.15, 0.2) is 0 Å². The summed E-state index contributed by atoms with van der Waals surface area (Å²) in [7, 11) is 1.58. The van der Waals surface area contributed by atoms with Crippen LogP contribution in [0, 0.1) is 0 Å². The number of piperazine rings is 1. The first-order valence-electron chi connectivity index (χ1n) is 7.11. The van der Waals surface area contributed by atoms with Crippen LogP contribution >= 0.6 is 0 Å². The van der Waals surface area contributed by atoms with Crippen LogP contribution in [0.5, 0.6) is 5.75 Å². The number of amides is 2. The Morgan fingerprint density at radius 3 is 2.95 bits per heavy atom. The third kappa shape index (κ3) is 2.41. The Labute approximate surface area is 123 Å². The standard InChI is InChI=1S/C15H19N3O3/c1-21-13-5-4-11(16)7-10(13)8-17-9-14(19)18-6-2-3-12(18)15(17)20/h4-5,7,12H,2-3,6,8-9,16H2,1H3. The number of hydrogen-bond acceptors (Lipinski definition) is 4. The van der Waals surface area contributed by atoms with Crippen LogP contribution in [0.4, 0.5) is 5.69 Å². The highest BCUT2D eigenvalue weighted by molar-refractivity contribution is 5.95. The fourth-order valence-electron chi connectivity index (χ4n) is 3.13. The van der Waals surface area contributed by atoms with Gasteiger partial charge in [-0.25, -0.2) is 0 Å². The largest absolute Gasteiger partial charge is 0.496 e. The summed E-state index contributed by atoms with van der Waals surface area (Å²) in [6, 6.07) is 5.04. The first kappa shape index (κ1) is 13.7. The minimum Gasteiger partial charge on any atom is -0.496 e. The van der Waals surface area contributed by atoms with Crippen molar-refractivity contribution in [2.75, 3.05) is 25.9 Å². The lowest BCUT2D eigenvalue weighted by Crippen LogP contribution is -2.56. The van der Waals surface area contributed by atoms with Crippen molar-refractivity contribution < 1.29 is 14.3 Å². The Hall–Kier alpha value is -2.24. The predicted octanol–water partition coefficient (Wildman–Crippen LogP) is 0.611. The van der Waals surface area contributed by atoms with E-state index in [0.717, 1.165) is 18.4 Å². The monoisotopic (exact) mass is 289 g/mol. The van der Waals surface area contributed by atoms with Gasteiger partial charge >= 0.3 is 0 Å². The summed E-state index contributed by atoms with van der Waals surface area (Å²) >= 11 is 0. The Kier molecular flexibility index (Phi) is 3.45. The fourth-order valence-corrected chi connectivity index (χ4v) is 3.13. The van der Waals surface area contributed by atoms with E-state index in [1.165, 1.54) is 0 Å². The van der Waals surface area contributed by atoms with Gasteiger partial charge in [0, 0.05) is 17.8 Å². The van der Waals surface area contributed by atoms with Crippen molar-refractivity contribution in [3.63, 3.8) is 0 Å². The Bertz CT molecular complexity index is 588. The third-order valence-electron chi connectivity index (χ3n) is 4.16. The van der Waals surface area contributed by atoms with E-state index in [-0.39, 0.29) is 24.4 Å². The Morgan fingerprint density at radius 1 is 1.38 bits per heavy atom. The van der Waals surface area contributed by atoms with Crippen LogP contribution in [-0.4, -0.2) is 47.9 Å². The SMILES string of the molecule is COc1ccc(N)cc1CN1CC(=O)N2CCCC2C1=O. The minimum absolute atomic E-state index is 0.0246. The number of rotatable bonds is 3. The van der Waals surface area contributed by atoms with E-state index in [4.69, 9.17) is 10.5 Å². The number of methoxy groups -OCH3 is 1. The van der Waals surface area contributed by atoms with E-state index in [1.807, 2.05) is 0 Å². The molecule has 0 saturated carbocycles. The van der Waals surface area contributed by atoms with E-state index in [1.54, 1.807) is 35.1 Å². The van der Waals surface area contributed by atoms with Crippen LogP contribution in [0.1, 0.15) is 18.4 Å². The molecule has 6 heteroatoms. The number of nitrogens with two attached hydrogens (primary N) is 1. The summed E-state index contributed by atoms with van der Waals surface area (Å²) in [6.45, 7) is 1.18. The van der Waals surface area contributed by atoms with E-state index in [9.17, 15) is 9.59 Å². The molecule has 1 atom stereocenters. The average molecular weight is 289 g/mol. The highest BCUT2D eigenvalue weighted by Crippen LogP contribution is 2.27. The highest BCUT2D eigenvalue weighted by Gasteiger charge is 2.41. The summed E-state index contributed by atoms with van der Waals surface area (Å²) in [5.74, 6) is 0.731. The number of benzene rings is 1. The third-order valence-corrected chi connectivity index (χ3v) is 4.16. The molecule has 2 fully saturated rings. The number of fused-ring (bicyclic) bond motifs is 1. The molecule has 2 heterocycles. The van der Waals surface area contributed by atoms with Gasteiger partial charge in [0.05, 0.1) is 13.7 Å². The van der Waals surface area contributed by atoms with Gasteiger partial charge in [-0.2, -0.15) is 0 Å². The average Bonchev–Trinajstić information content (AvgIpc) is 2.95. The molecule has 2 aliphatic rings. The van der Waals surface area contributed by atoms with E-state index in [0.29, 0.717) is 24.5 Å². The molecule has 2 aliphatic heterocycles. The highest BCUT2D eigenvalue weighted by atomic mass is 16.5. The molecule has 21 heavy (non-hydrogen) atoms. The summed E-state index contributed by atoms with van der Waals surface area (Å²) < 4.78 is 5.30. The molecule has 3 rings (SSSR count). The maximum atomic E-state index is 12.5. The zero-order valence-electron chi connectivity index (χ0n) is 12.0. The van der Waals surface area contributed by atoms with Gasteiger partial charge in [-0.1, -0.05) is 0 Å². The number of ether oxygens (including phenoxy) is 1. The molecule has 0 radical (unpaired) electrons. The van der Waals surface area contributed by atoms with Crippen LogP contribution in [0.3, 0.4) is 0 Å². The molecule has 2 N–H and O–H groups in total. The van der Waals surface area contributed by atoms with Gasteiger partial charge in [0.2, 0.25) is 11.8 Å². The topological polar surface area (TPSA) is 75.9 Å². The molecule has 0 aromatic heterocycles. The molecule has 1 aromatic carbocycles. The molecule has 0 aliphatic carbocycles. The van der Waals surface area contributed by atoms with Crippen molar-refractivity contribution >= 4 is 17.5 Å². The fraction of sp³-hybridized carbons (Fsp3) is 0.467. The van der Waals surface area contributed by atoms with Crippen LogP contribution in [0.15, 0.2) is 18.2 Å². The van der Waals surface area contributed by atoms with E-state index in [2.05, 4.69) is 0 Å². The molecular formula is C15H19N3O3. The molecule has 0 bridgehead atoms. The van der Waals surface area contributed by atoms with Crippen LogP contribution in [-0.2, 0) is 16.1 Å². The van der Waals surface area contributed by atoms with Crippen LogP contribution in [0.2, 0.25) is 0 Å². The minimum atomic E-state index is -0.279. The van der Waals surface area contributed by atoms with Crippen molar-refractivity contribution in [2.24, 2.45) is 0 Å². The van der Waals surface area contributed by atoms with Crippen LogP contribution in [0.25, 0.3) is 0 Å². The van der Waals surface area contributed by atoms with Gasteiger partial charge < -0.3 is 20.3 Å². The number of carbonyl (C=O) groups is 2. The number of nitrogen functional groups attached to an aromatic ring is 1. The Balaban J connectivity index is 1.83. The first-order chi connectivity index (χ1) is 10.1. The Morgan fingerprint density at radius 2 is 2.19 bits per heavy atom. The predicted molar refractivity (Wildman–Crippen MR) is 77.6 cm³/mol. The van der Waals surface area contributed by atoms with Crippen LogP contribution < -0.4 is 10.5 Å².